The molecular weight excluding hydrogens is 232 g/mol. The minimum atomic E-state index is 0.749. The lowest BCUT2D eigenvalue weighted by Crippen LogP contribution is -2.03. The lowest BCUT2D eigenvalue weighted by molar-refractivity contribution is 0.202. The van der Waals surface area contributed by atoms with E-state index in [2.05, 4.69) is 28.5 Å². The molecule has 90 valence electrons. The lowest BCUT2D eigenvalue weighted by Gasteiger charge is -2.10. The van der Waals surface area contributed by atoms with Gasteiger partial charge in [0.1, 0.15) is 0 Å². The topological polar surface area (TPSA) is 34.1 Å². The fourth-order valence-electron chi connectivity index (χ4n) is 1.63. The fraction of sp³-hybridized carbons (Fsp3) is 0.308. The van der Waals surface area contributed by atoms with Crippen LogP contribution in [0.3, 0.4) is 0 Å². The number of ether oxygens (including phenoxy) is 1. The molecule has 1 aromatic heterocycles. The predicted molar refractivity (Wildman–Crippen MR) is 71.5 cm³/mol. The van der Waals surface area contributed by atoms with Crippen molar-refractivity contribution in [2.75, 3.05) is 19.0 Å². The van der Waals surface area contributed by atoms with Crippen molar-refractivity contribution < 1.29 is 4.74 Å². The Kier molecular flexibility index (Phi) is 4.53. The minimum Gasteiger partial charge on any atom is -0.384 e. The van der Waals surface area contributed by atoms with E-state index in [-0.39, 0.29) is 0 Å². The van der Waals surface area contributed by atoms with Crippen molar-refractivity contribution in [3.63, 3.8) is 0 Å². The number of rotatable bonds is 6. The zero-order chi connectivity index (χ0) is 11.9. The summed E-state index contributed by atoms with van der Waals surface area (Å²) in [4.78, 5) is 5.31. The molecule has 2 rings (SSSR count). The molecule has 17 heavy (non-hydrogen) atoms. The zero-order valence-electron chi connectivity index (χ0n) is 9.85. The van der Waals surface area contributed by atoms with Crippen molar-refractivity contribution in [1.82, 2.24) is 4.98 Å². The highest BCUT2D eigenvalue weighted by Gasteiger charge is 2.01. The van der Waals surface area contributed by atoms with Crippen molar-refractivity contribution in [2.45, 2.75) is 13.0 Å². The molecule has 1 heterocycles. The maximum Gasteiger partial charge on any atom is 0.0794 e. The molecule has 0 aliphatic carbocycles. The standard InChI is InChI=1S/C13H16N2OS/c1-16-7-6-11-4-2-3-5-13(11)15-9-12-8-14-10-17-12/h2-5,8,10,15H,6-7,9H2,1H3. The molecule has 3 nitrogen and oxygen atoms in total. The maximum absolute atomic E-state index is 5.12. The average Bonchev–Trinajstić information content (AvgIpc) is 2.88. The largest absolute Gasteiger partial charge is 0.384 e. The van der Waals surface area contributed by atoms with E-state index in [0.717, 1.165) is 19.6 Å². The summed E-state index contributed by atoms with van der Waals surface area (Å²) >= 11 is 1.67. The van der Waals surface area contributed by atoms with E-state index in [9.17, 15) is 0 Å². The molecule has 0 bridgehead atoms. The van der Waals surface area contributed by atoms with Crippen LogP contribution in [0.2, 0.25) is 0 Å². The van der Waals surface area contributed by atoms with Gasteiger partial charge in [0.2, 0.25) is 0 Å². The summed E-state index contributed by atoms with van der Waals surface area (Å²) in [6.45, 7) is 1.58. The molecule has 0 spiro atoms. The third-order valence-electron chi connectivity index (χ3n) is 2.53. The number of aromatic nitrogens is 1. The second-order valence-corrected chi connectivity index (χ2v) is 4.69. The number of nitrogens with zero attached hydrogens (tertiary/aromatic N) is 1. The third-order valence-corrected chi connectivity index (χ3v) is 3.31. The molecule has 0 aliphatic heterocycles. The highest BCUT2D eigenvalue weighted by Crippen LogP contribution is 2.17. The van der Waals surface area contributed by atoms with Crippen LogP contribution in [0, 0.1) is 0 Å². The quantitative estimate of drug-likeness (QED) is 0.853. The summed E-state index contributed by atoms with van der Waals surface area (Å²) in [6, 6.07) is 8.34. The number of thiazole rings is 1. The molecule has 0 unspecified atom stereocenters. The first-order valence-corrected chi connectivity index (χ1v) is 6.46. The molecule has 0 radical (unpaired) electrons. The Balaban J connectivity index is 1.99. The van der Waals surface area contributed by atoms with Gasteiger partial charge in [0.25, 0.3) is 0 Å². The summed E-state index contributed by atoms with van der Waals surface area (Å²) in [6.07, 6.45) is 2.83. The molecule has 0 saturated heterocycles. The first-order valence-electron chi connectivity index (χ1n) is 5.58. The van der Waals surface area contributed by atoms with Crippen molar-refractivity contribution in [3.05, 3.63) is 46.4 Å². The molecule has 0 amide bonds. The highest BCUT2D eigenvalue weighted by atomic mass is 32.1. The van der Waals surface area contributed by atoms with Crippen molar-refractivity contribution in [1.29, 1.82) is 0 Å². The molecule has 0 atom stereocenters. The van der Waals surface area contributed by atoms with Gasteiger partial charge in [-0.1, -0.05) is 18.2 Å². The summed E-state index contributed by atoms with van der Waals surface area (Å²) in [5, 5.41) is 3.44. The smallest absolute Gasteiger partial charge is 0.0794 e. The Morgan fingerprint density at radius 1 is 1.35 bits per heavy atom. The van der Waals surface area contributed by atoms with Crippen molar-refractivity contribution >= 4 is 17.0 Å². The van der Waals surface area contributed by atoms with E-state index in [1.165, 1.54) is 16.1 Å². The van der Waals surface area contributed by atoms with Gasteiger partial charge in [0.05, 0.1) is 18.7 Å². The Morgan fingerprint density at radius 3 is 3.00 bits per heavy atom. The van der Waals surface area contributed by atoms with Crippen LogP contribution in [0.1, 0.15) is 10.4 Å². The number of hydrogen-bond donors (Lipinski definition) is 1. The van der Waals surface area contributed by atoms with Crippen LogP contribution in [0.25, 0.3) is 0 Å². The number of para-hydroxylation sites is 1. The number of methoxy groups -OCH3 is 1. The van der Waals surface area contributed by atoms with E-state index >= 15 is 0 Å². The van der Waals surface area contributed by atoms with Gasteiger partial charge in [-0.3, -0.25) is 4.98 Å². The lowest BCUT2D eigenvalue weighted by atomic mass is 10.1. The van der Waals surface area contributed by atoms with Crippen molar-refractivity contribution in [2.24, 2.45) is 0 Å². The van der Waals surface area contributed by atoms with Gasteiger partial charge in [-0.15, -0.1) is 11.3 Å². The zero-order valence-corrected chi connectivity index (χ0v) is 10.7. The van der Waals surface area contributed by atoms with Crippen LogP contribution in [0.15, 0.2) is 36.0 Å². The average molecular weight is 248 g/mol. The molecule has 1 N–H and O–H groups in total. The summed E-state index contributed by atoms with van der Waals surface area (Å²) < 4.78 is 5.12. The number of anilines is 1. The number of nitrogens with one attached hydrogen (secondary N) is 1. The van der Waals surface area contributed by atoms with E-state index in [1.54, 1.807) is 18.4 Å². The van der Waals surface area contributed by atoms with Crippen LogP contribution in [0.5, 0.6) is 0 Å². The fourth-order valence-corrected chi connectivity index (χ4v) is 2.17. The third kappa shape index (κ3) is 3.54. The Labute approximate surface area is 105 Å². The van der Waals surface area contributed by atoms with Crippen LogP contribution in [0.4, 0.5) is 5.69 Å². The van der Waals surface area contributed by atoms with Gasteiger partial charge in [-0.05, 0) is 18.1 Å². The number of benzene rings is 1. The first-order chi connectivity index (χ1) is 8.40. The number of hydrogen-bond acceptors (Lipinski definition) is 4. The highest BCUT2D eigenvalue weighted by molar-refractivity contribution is 7.09. The Hall–Kier alpha value is -1.39. The molecule has 0 aliphatic rings. The van der Waals surface area contributed by atoms with Gasteiger partial charge in [-0.2, -0.15) is 0 Å². The Morgan fingerprint density at radius 2 is 2.24 bits per heavy atom. The van der Waals surface area contributed by atoms with Crippen molar-refractivity contribution in [3.8, 4) is 0 Å². The molecular formula is C13H16N2OS. The second-order valence-electron chi connectivity index (χ2n) is 3.72. The SMILES string of the molecule is COCCc1ccccc1NCc1cncs1. The van der Waals surface area contributed by atoms with E-state index in [4.69, 9.17) is 4.74 Å². The van der Waals surface area contributed by atoms with E-state index in [1.807, 2.05) is 17.8 Å². The summed E-state index contributed by atoms with van der Waals surface area (Å²) in [7, 11) is 1.73. The van der Waals surface area contributed by atoms with Crippen LogP contribution in [-0.4, -0.2) is 18.7 Å². The van der Waals surface area contributed by atoms with Gasteiger partial charge in [0.15, 0.2) is 0 Å². The minimum absolute atomic E-state index is 0.749. The maximum atomic E-state index is 5.12. The Bertz CT molecular complexity index is 442. The van der Waals surface area contributed by atoms with Gasteiger partial charge >= 0.3 is 0 Å². The van der Waals surface area contributed by atoms with Gasteiger partial charge < -0.3 is 10.1 Å². The van der Waals surface area contributed by atoms with Crippen LogP contribution >= 0.6 is 11.3 Å². The molecule has 0 saturated carbocycles. The molecule has 0 fully saturated rings. The van der Waals surface area contributed by atoms with E-state index in [0.29, 0.717) is 0 Å². The molecule has 4 heteroatoms. The monoisotopic (exact) mass is 248 g/mol. The normalized spacial score (nSPS) is 10.4. The molecule has 2 aromatic rings. The van der Waals surface area contributed by atoms with E-state index < -0.39 is 0 Å². The van der Waals surface area contributed by atoms with Crippen LogP contribution in [-0.2, 0) is 17.7 Å². The first kappa shape index (κ1) is 12.1. The summed E-state index contributed by atoms with van der Waals surface area (Å²) in [5.41, 5.74) is 4.32. The second kappa shape index (κ2) is 6.37. The van der Waals surface area contributed by atoms with Crippen LogP contribution < -0.4 is 5.32 Å². The predicted octanol–water partition coefficient (Wildman–Crippen LogP) is 2.94. The van der Waals surface area contributed by atoms with Gasteiger partial charge in [0, 0.05) is 23.9 Å². The van der Waals surface area contributed by atoms with Gasteiger partial charge in [-0.25, -0.2) is 0 Å². The summed E-state index contributed by atoms with van der Waals surface area (Å²) in [5.74, 6) is 0. The molecule has 1 aromatic carbocycles.